The van der Waals surface area contributed by atoms with Gasteiger partial charge in [-0.3, -0.25) is 4.90 Å². The van der Waals surface area contributed by atoms with Crippen molar-refractivity contribution in [2.45, 2.75) is 25.4 Å². The van der Waals surface area contributed by atoms with Gasteiger partial charge in [0.1, 0.15) is 11.4 Å². The van der Waals surface area contributed by atoms with Gasteiger partial charge in [-0.05, 0) is 23.6 Å². The van der Waals surface area contributed by atoms with Crippen molar-refractivity contribution in [3.05, 3.63) is 17.5 Å². The van der Waals surface area contributed by atoms with Gasteiger partial charge in [-0.2, -0.15) is 0 Å². The first-order chi connectivity index (χ1) is 9.47. The molecule has 1 unspecified atom stereocenters. The maximum Gasteiger partial charge on any atom is 0.326 e. The van der Waals surface area contributed by atoms with E-state index in [1.165, 1.54) is 0 Å². The number of carbonyl (C=O) groups excluding carboxylic acids is 1. The molecule has 2 saturated heterocycles. The maximum atomic E-state index is 12.6. The largest absolute Gasteiger partial charge is 0.376 e. The first-order valence-corrected chi connectivity index (χ1v) is 6.98. The number of hydrogen-bond donors (Lipinski definition) is 0. The highest BCUT2D eigenvalue weighted by atomic mass is 35.5. The summed E-state index contributed by atoms with van der Waals surface area (Å²) in [6.07, 6.45) is 1.57. The number of nitrogens with zero attached hydrogens (tertiary/aromatic N) is 4. The van der Waals surface area contributed by atoms with Crippen molar-refractivity contribution >= 4 is 23.4 Å². The minimum Gasteiger partial charge on any atom is -0.376 e. The number of hydrogen-bond acceptors (Lipinski definition) is 4. The molecule has 2 fully saturated rings. The van der Waals surface area contributed by atoms with Gasteiger partial charge in [-0.15, -0.1) is 0 Å². The summed E-state index contributed by atoms with van der Waals surface area (Å²) in [5, 5.41) is 0.145. The number of carbonyl (C=O) groups is 1. The van der Waals surface area contributed by atoms with E-state index in [1.54, 1.807) is 22.1 Å². The molecule has 3 heterocycles. The fourth-order valence-corrected chi connectivity index (χ4v) is 3.35. The summed E-state index contributed by atoms with van der Waals surface area (Å²) >= 11 is 5.86. The Bertz CT molecular complexity index is 547. The van der Waals surface area contributed by atoms with Crippen molar-refractivity contribution < 1.29 is 9.53 Å². The highest BCUT2D eigenvalue weighted by Gasteiger charge is 2.61. The predicted octanol–water partition coefficient (Wildman–Crippen LogP) is 1.80. The van der Waals surface area contributed by atoms with Crippen LogP contribution in [0.3, 0.4) is 0 Å². The fourth-order valence-electron chi connectivity index (χ4n) is 3.20. The maximum absolute atomic E-state index is 12.6. The summed E-state index contributed by atoms with van der Waals surface area (Å²) in [6.45, 7) is 5.33. The molecule has 0 saturated carbocycles. The molecular weight excluding hydrogens is 280 g/mol. The van der Waals surface area contributed by atoms with Gasteiger partial charge in [0.05, 0.1) is 19.3 Å². The summed E-state index contributed by atoms with van der Waals surface area (Å²) in [7, 11) is 1.82. The lowest BCUT2D eigenvalue weighted by molar-refractivity contribution is -0.119. The molecule has 0 N–H and O–H groups in total. The minimum absolute atomic E-state index is 0.0136. The third-order valence-corrected chi connectivity index (χ3v) is 4.37. The molecule has 1 aromatic rings. The Morgan fingerprint density at radius 3 is 2.70 bits per heavy atom. The highest BCUT2D eigenvalue weighted by molar-refractivity contribution is 6.28. The molecule has 2 aliphatic heterocycles. The Kier molecular flexibility index (Phi) is 3.10. The van der Waals surface area contributed by atoms with Gasteiger partial charge >= 0.3 is 6.03 Å². The third kappa shape index (κ3) is 1.71. The number of urea groups is 1. The minimum atomic E-state index is -0.261. The van der Waals surface area contributed by atoms with Crippen molar-refractivity contribution in [2.75, 3.05) is 25.2 Å². The van der Waals surface area contributed by atoms with Gasteiger partial charge in [0, 0.05) is 13.2 Å². The van der Waals surface area contributed by atoms with Crippen LogP contribution >= 0.6 is 11.6 Å². The zero-order valence-electron chi connectivity index (χ0n) is 11.7. The molecule has 7 heteroatoms. The number of ether oxygens (including phenoxy) is 1. The molecule has 0 bridgehead atoms. The number of aromatic nitrogens is 2. The van der Waals surface area contributed by atoms with Crippen LogP contribution in [0.4, 0.5) is 10.6 Å². The van der Waals surface area contributed by atoms with E-state index in [4.69, 9.17) is 16.3 Å². The van der Waals surface area contributed by atoms with E-state index in [9.17, 15) is 4.79 Å². The molecular formula is C13H17ClN4O2. The lowest BCUT2D eigenvalue weighted by atomic mass is 9.81. The number of halogens is 1. The summed E-state index contributed by atoms with van der Waals surface area (Å²) < 4.78 is 5.39. The van der Waals surface area contributed by atoms with Gasteiger partial charge < -0.3 is 9.64 Å². The molecule has 6 nitrogen and oxygen atoms in total. The lowest BCUT2D eigenvalue weighted by Crippen LogP contribution is -2.65. The Morgan fingerprint density at radius 1 is 1.50 bits per heavy atom. The molecule has 0 radical (unpaired) electrons. The van der Waals surface area contributed by atoms with Crippen LogP contribution < -0.4 is 4.90 Å². The van der Waals surface area contributed by atoms with Crippen LogP contribution in [0.5, 0.6) is 0 Å². The van der Waals surface area contributed by atoms with Crippen molar-refractivity contribution in [3.8, 4) is 0 Å². The summed E-state index contributed by atoms with van der Waals surface area (Å²) in [5.41, 5.74) is -0.261. The second-order valence-electron chi connectivity index (χ2n) is 5.68. The quantitative estimate of drug-likeness (QED) is 0.781. The standard InChI is InChI=1S/C13H17ClN4O2/c1-8(2)10-13(6-20-7-13)17(3)12(19)18(10)9-4-5-15-11(14)16-9/h4-5,8,10H,6-7H2,1-3H3. The monoisotopic (exact) mass is 296 g/mol. The summed E-state index contributed by atoms with van der Waals surface area (Å²) in [4.78, 5) is 24.2. The second kappa shape index (κ2) is 4.56. The van der Waals surface area contributed by atoms with E-state index in [1.807, 2.05) is 7.05 Å². The van der Waals surface area contributed by atoms with Gasteiger partial charge in [0.25, 0.3) is 0 Å². The normalized spacial score (nSPS) is 24.6. The molecule has 1 aromatic heterocycles. The van der Waals surface area contributed by atoms with Crippen LogP contribution in [0.15, 0.2) is 12.3 Å². The Morgan fingerprint density at radius 2 is 2.20 bits per heavy atom. The summed E-state index contributed by atoms with van der Waals surface area (Å²) in [6, 6.07) is 1.66. The van der Waals surface area contributed by atoms with Gasteiger partial charge in [-0.25, -0.2) is 14.8 Å². The smallest absolute Gasteiger partial charge is 0.326 e. The molecule has 0 aromatic carbocycles. The fraction of sp³-hybridized carbons (Fsp3) is 0.615. The third-order valence-electron chi connectivity index (χ3n) is 4.18. The predicted molar refractivity (Wildman–Crippen MR) is 74.9 cm³/mol. The SMILES string of the molecule is CC(C)C1N(c2ccnc(Cl)n2)C(=O)N(C)C12COC2. The van der Waals surface area contributed by atoms with E-state index < -0.39 is 0 Å². The number of rotatable bonds is 2. The summed E-state index contributed by atoms with van der Waals surface area (Å²) in [5.74, 6) is 0.825. The van der Waals surface area contributed by atoms with Crippen molar-refractivity contribution in [1.82, 2.24) is 14.9 Å². The van der Waals surface area contributed by atoms with E-state index >= 15 is 0 Å². The molecule has 1 atom stereocenters. The topological polar surface area (TPSA) is 58.6 Å². The molecule has 0 aliphatic carbocycles. The molecule has 20 heavy (non-hydrogen) atoms. The Balaban J connectivity index is 2.06. The average molecular weight is 297 g/mol. The van der Waals surface area contributed by atoms with E-state index in [-0.39, 0.29) is 28.8 Å². The van der Waals surface area contributed by atoms with Crippen LogP contribution in [0.2, 0.25) is 5.28 Å². The zero-order chi connectivity index (χ0) is 14.5. The van der Waals surface area contributed by atoms with Crippen LogP contribution in [-0.4, -0.2) is 52.7 Å². The van der Waals surface area contributed by atoms with Crippen LogP contribution in [0, 0.1) is 5.92 Å². The molecule has 1 spiro atoms. The lowest BCUT2D eigenvalue weighted by Gasteiger charge is -2.47. The molecule has 108 valence electrons. The molecule has 2 aliphatic rings. The van der Waals surface area contributed by atoms with Crippen LogP contribution in [0.25, 0.3) is 0 Å². The Hall–Kier alpha value is -1.40. The molecule has 2 amide bonds. The number of anilines is 1. The number of likely N-dealkylation sites (N-methyl/N-ethyl adjacent to an activating group) is 1. The average Bonchev–Trinajstić information content (AvgIpc) is 2.59. The van der Waals surface area contributed by atoms with Gasteiger partial charge in [0.15, 0.2) is 0 Å². The Labute approximate surface area is 122 Å². The van der Waals surface area contributed by atoms with Crippen molar-refractivity contribution in [2.24, 2.45) is 5.92 Å². The first kappa shape index (κ1) is 13.6. The van der Waals surface area contributed by atoms with E-state index in [0.717, 1.165) is 0 Å². The first-order valence-electron chi connectivity index (χ1n) is 6.61. The van der Waals surface area contributed by atoms with Crippen molar-refractivity contribution in [1.29, 1.82) is 0 Å². The number of amides is 2. The van der Waals surface area contributed by atoms with E-state index in [0.29, 0.717) is 19.0 Å². The van der Waals surface area contributed by atoms with Crippen molar-refractivity contribution in [3.63, 3.8) is 0 Å². The van der Waals surface area contributed by atoms with Crippen LogP contribution in [0.1, 0.15) is 13.8 Å². The van der Waals surface area contributed by atoms with Gasteiger partial charge in [-0.1, -0.05) is 13.8 Å². The van der Waals surface area contributed by atoms with E-state index in [2.05, 4.69) is 23.8 Å². The van der Waals surface area contributed by atoms with Gasteiger partial charge in [0.2, 0.25) is 5.28 Å². The second-order valence-corrected chi connectivity index (χ2v) is 6.02. The molecule has 3 rings (SSSR count). The highest BCUT2D eigenvalue weighted by Crippen LogP contribution is 2.42. The zero-order valence-corrected chi connectivity index (χ0v) is 12.5. The van der Waals surface area contributed by atoms with Crippen LogP contribution in [-0.2, 0) is 4.74 Å².